The molecule has 142 valence electrons. The van der Waals surface area contributed by atoms with E-state index in [0.29, 0.717) is 36.0 Å². The van der Waals surface area contributed by atoms with Crippen molar-refractivity contribution in [3.8, 4) is 0 Å². The molecule has 0 radical (unpaired) electrons. The first-order valence-corrected chi connectivity index (χ1v) is 9.21. The molecule has 28 heavy (non-hydrogen) atoms. The van der Waals surface area contributed by atoms with Gasteiger partial charge >= 0.3 is 6.03 Å². The molecule has 1 fully saturated rings. The van der Waals surface area contributed by atoms with E-state index < -0.39 is 0 Å². The minimum absolute atomic E-state index is 0.122. The summed E-state index contributed by atoms with van der Waals surface area (Å²) in [4.78, 5) is 26.0. The molecule has 0 spiro atoms. The monoisotopic (exact) mass is 395 g/mol. The zero-order valence-electron chi connectivity index (χ0n) is 14.9. The maximum absolute atomic E-state index is 12.6. The molecule has 1 aliphatic heterocycles. The summed E-state index contributed by atoms with van der Waals surface area (Å²) in [6.45, 7) is 1.76. The van der Waals surface area contributed by atoms with Gasteiger partial charge in [-0.2, -0.15) is 5.10 Å². The summed E-state index contributed by atoms with van der Waals surface area (Å²) in [7, 11) is 0. The maximum atomic E-state index is 12.6. The molecule has 1 aliphatic rings. The van der Waals surface area contributed by atoms with Crippen molar-refractivity contribution in [2.45, 2.75) is 6.54 Å². The van der Waals surface area contributed by atoms with Gasteiger partial charge in [0.15, 0.2) is 0 Å². The van der Waals surface area contributed by atoms with Crippen molar-refractivity contribution in [2.75, 3.05) is 23.3 Å². The highest BCUT2D eigenvalue weighted by atomic mass is 35.5. The summed E-state index contributed by atoms with van der Waals surface area (Å²) < 4.78 is 1.71. The number of amides is 3. The first-order valence-electron chi connectivity index (χ1n) is 8.83. The van der Waals surface area contributed by atoms with Crippen LogP contribution in [-0.2, 0) is 6.54 Å². The molecule has 3 amide bonds. The predicted octanol–water partition coefficient (Wildman–Crippen LogP) is 3.37. The number of benzene rings is 2. The number of aromatic nitrogens is 2. The number of hydrogen-bond acceptors (Lipinski definition) is 3. The number of rotatable bonds is 5. The second-order valence-electron chi connectivity index (χ2n) is 6.39. The van der Waals surface area contributed by atoms with Crippen molar-refractivity contribution in [1.82, 2.24) is 15.1 Å². The molecule has 1 aromatic heterocycles. The third-order valence-corrected chi connectivity index (χ3v) is 4.75. The lowest BCUT2D eigenvalue weighted by Gasteiger charge is -2.14. The van der Waals surface area contributed by atoms with E-state index in [1.165, 1.54) is 0 Å². The van der Waals surface area contributed by atoms with E-state index in [2.05, 4.69) is 15.7 Å². The third-order valence-electron chi connectivity index (χ3n) is 4.50. The lowest BCUT2D eigenvalue weighted by Crippen LogP contribution is -2.27. The van der Waals surface area contributed by atoms with E-state index in [1.807, 2.05) is 24.3 Å². The molecule has 4 rings (SSSR count). The molecule has 0 saturated carbocycles. The third kappa shape index (κ3) is 3.84. The largest absolute Gasteiger partial charge is 0.336 e. The topological polar surface area (TPSA) is 79.3 Å². The molecule has 2 heterocycles. The summed E-state index contributed by atoms with van der Waals surface area (Å²) in [5.41, 5.74) is 2.29. The second-order valence-corrected chi connectivity index (χ2v) is 6.82. The molecule has 2 aromatic carbocycles. The molecule has 2 N–H and O–H groups in total. The smallest absolute Gasteiger partial charge is 0.321 e. The van der Waals surface area contributed by atoms with Crippen LogP contribution in [0.2, 0.25) is 5.02 Å². The van der Waals surface area contributed by atoms with Gasteiger partial charge in [-0.1, -0.05) is 23.7 Å². The van der Waals surface area contributed by atoms with E-state index in [9.17, 15) is 9.59 Å². The van der Waals surface area contributed by atoms with Gasteiger partial charge < -0.3 is 10.6 Å². The maximum Gasteiger partial charge on any atom is 0.321 e. The van der Waals surface area contributed by atoms with Gasteiger partial charge in [-0.25, -0.2) is 9.48 Å². The van der Waals surface area contributed by atoms with E-state index in [1.54, 1.807) is 46.1 Å². The summed E-state index contributed by atoms with van der Waals surface area (Å²) in [6, 6.07) is 16.1. The van der Waals surface area contributed by atoms with E-state index >= 15 is 0 Å². The molecule has 0 aliphatic carbocycles. The van der Waals surface area contributed by atoms with Gasteiger partial charge in [-0.15, -0.1) is 0 Å². The van der Waals surface area contributed by atoms with Crippen LogP contribution in [0.5, 0.6) is 0 Å². The second kappa shape index (κ2) is 7.74. The molecule has 0 bridgehead atoms. The molecule has 0 atom stereocenters. The summed E-state index contributed by atoms with van der Waals surface area (Å²) >= 11 is 5.92. The Morgan fingerprint density at radius 1 is 1.11 bits per heavy atom. The van der Waals surface area contributed by atoms with Gasteiger partial charge in [0.05, 0.1) is 12.7 Å². The summed E-state index contributed by atoms with van der Waals surface area (Å²) in [5, 5.41) is 10.6. The number of carbonyl (C=O) groups is 2. The summed E-state index contributed by atoms with van der Waals surface area (Å²) in [5.74, 6) is 0.359. The highest BCUT2D eigenvalue weighted by Crippen LogP contribution is 2.19. The molecular formula is C20H18ClN5O2. The van der Waals surface area contributed by atoms with Gasteiger partial charge in [0.1, 0.15) is 5.82 Å². The fraction of sp³-hybridized carbons (Fsp3) is 0.150. The number of carbonyl (C=O) groups excluding carboxylic acids is 2. The number of nitrogens with one attached hydrogen (secondary N) is 2. The lowest BCUT2D eigenvalue weighted by molar-refractivity contribution is 0.102. The Bertz CT molecular complexity index is 998. The highest BCUT2D eigenvalue weighted by molar-refractivity contribution is 6.30. The van der Waals surface area contributed by atoms with Crippen molar-refractivity contribution in [1.29, 1.82) is 0 Å². The van der Waals surface area contributed by atoms with Crippen LogP contribution in [0.4, 0.5) is 16.3 Å². The number of anilines is 2. The Balaban J connectivity index is 1.45. The Morgan fingerprint density at radius 3 is 2.54 bits per heavy atom. The molecule has 3 aromatic rings. The normalized spacial score (nSPS) is 13.5. The summed E-state index contributed by atoms with van der Waals surface area (Å²) in [6.07, 6.45) is 1.64. The Morgan fingerprint density at radius 2 is 1.86 bits per heavy atom. The fourth-order valence-corrected chi connectivity index (χ4v) is 3.15. The first kappa shape index (κ1) is 18.1. The van der Waals surface area contributed by atoms with Crippen molar-refractivity contribution in [3.05, 3.63) is 76.9 Å². The number of hydrogen-bond donors (Lipinski definition) is 2. The minimum Gasteiger partial charge on any atom is -0.336 e. The predicted molar refractivity (Wildman–Crippen MR) is 108 cm³/mol. The Labute approximate surface area is 166 Å². The van der Waals surface area contributed by atoms with Crippen LogP contribution >= 0.6 is 11.6 Å². The molecule has 8 heteroatoms. The standard InChI is InChI=1S/C20H18ClN5O2/c21-16-5-1-14(2-6-16)13-26-18(9-10-23-26)24-19(27)15-3-7-17(8-4-15)25-12-11-22-20(25)28/h1-10H,11-13H2,(H,22,28)(H,24,27). The quantitative estimate of drug-likeness (QED) is 0.695. The molecular weight excluding hydrogens is 378 g/mol. The van der Waals surface area contributed by atoms with Gasteiger partial charge in [0, 0.05) is 35.4 Å². The van der Waals surface area contributed by atoms with Crippen molar-refractivity contribution in [3.63, 3.8) is 0 Å². The van der Waals surface area contributed by atoms with Gasteiger partial charge in [0.2, 0.25) is 0 Å². The molecule has 1 saturated heterocycles. The molecule has 7 nitrogen and oxygen atoms in total. The fourth-order valence-electron chi connectivity index (χ4n) is 3.03. The average Bonchev–Trinajstić information content (AvgIpc) is 3.32. The SMILES string of the molecule is O=C(Nc1ccnn1Cc1ccc(Cl)cc1)c1ccc(N2CCNC2=O)cc1. The zero-order valence-corrected chi connectivity index (χ0v) is 15.7. The van der Waals surface area contributed by atoms with Crippen molar-refractivity contribution >= 4 is 35.0 Å². The Kier molecular flexibility index (Phi) is 4.99. The molecule has 0 unspecified atom stereocenters. The zero-order chi connectivity index (χ0) is 19.5. The Hall–Kier alpha value is -3.32. The lowest BCUT2D eigenvalue weighted by atomic mass is 10.2. The number of urea groups is 1. The van der Waals surface area contributed by atoms with E-state index in [-0.39, 0.29) is 11.9 Å². The van der Waals surface area contributed by atoms with E-state index in [0.717, 1.165) is 11.3 Å². The van der Waals surface area contributed by atoms with Crippen molar-refractivity contribution < 1.29 is 9.59 Å². The first-order chi connectivity index (χ1) is 13.6. The van der Waals surface area contributed by atoms with Crippen LogP contribution in [-0.4, -0.2) is 34.8 Å². The van der Waals surface area contributed by atoms with Gasteiger partial charge in [-0.3, -0.25) is 9.69 Å². The average molecular weight is 396 g/mol. The highest BCUT2D eigenvalue weighted by Gasteiger charge is 2.21. The number of nitrogens with zero attached hydrogens (tertiary/aromatic N) is 3. The van der Waals surface area contributed by atoms with Crippen LogP contribution in [0.15, 0.2) is 60.8 Å². The van der Waals surface area contributed by atoms with Crippen LogP contribution in [0.3, 0.4) is 0 Å². The van der Waals surface area contributed by atoms with Crippen LogP contribution in [0.25, 0.3) is 0 Å². The minimum atomic E-state index is -0.240. The van der Waals surface area contributed by atoms with Crippen molar-refractivity contribution in [2.24, 2.45) is 0 Å². The van der Waals surface area contributed by atoms with Gasteiger partial charge in [-0.05, 0) is 42.0 Å². The number of halogens is 1. The van der Waals surface area contributed by atoms with E-state index in [4.69, 9.17) is 11.6 Å². The van der Waals surface area contributed by atoms with Crippen LogP contribution < -0.4 is 15.5 Å². The van der Waals surface area contributed by atoms with Crippen LogP contribution in [0.1, 0.15) is 15.9 Å². The van der Waals surface area contributed by atoms with Crippen LogP contribution in [0, 0.1) is 0 Å². The van der Waals surface area contributed by atoms with Gasteiger partial charge in [0.25, 0.3) is 5.91 Å².